The van der Waals surface area contributed by atoms with Crippen LogP contribution in [0.2, 0.25) is 0 Å². The van der Waals surface area contributed by atoms with E-state index in [2.05, 4.69) is 20.9 Å². The lowest BCUT2D eigenvalue weighted by atomic mass is 10.0. The lowest BCUT2D eigenvalue weighted by Crippen LogP contribution is -2.42. The minimum atomic E-state index is -4.52. The number of amides is 3. The molecule has 2 aliphatic rings. The van der Waals surface area contributed by atoms with Crippen molar-refractivity contribution in [2.75, 3.05) is 10.6 Å². The van der Waals surface area contributed by atoms with Gasteiger partial charge in [-0.1, -0.05) is 13.0 Å². The molecule has 8 nitrogen and oxygen atoms in total. The molecular weight excluding hydrogens is 489 g/mol. The molecule has 0 saturated carbocycles. The number of nitrogens with zero attached hydrogens (tertiary/aromatic N) is 1. The van der Waals surface area contributed by atoms with Gasteiger partial charge in [-0.05, 0) is 55.3 Å². The minimum Gasteiger partial charge on any atom is -0.470 e. The SMILES string of the molecule is Cc1ccc(NC(=O)N[C@@H]2Oc3ccc(Oc4ccnc5c4CCC(=O)N5)cc3[C@@H]2C)cc1C(F)(F)F. The fraction of sp³-hybridized carbons (Fsp3) is 0.269. The van der Waals surface area contributed by atoms with Gasteiger partial charge >= 0.3 is 12.2 Å². The summed E-state index contributed by atoms with van der Waals surface area (Å²) in [6.07, 6.45) is -2.84. The molecule has 11 heteroatoms. The number of benzene rings is 2. The van der Waals surface area contributed by atoms with Gasteiger partial charge in [-0.25, -0.2) is 9.78 Å². The third kappa shape index (κ3) is 5.02. The Labute approximate surface area is 210 Å². The molecule has 0 spiro atoms. The maximum Gasteiger partial charge on any atom is 0.416 e. The first-order chi connectivity index (χ1) is 17.6. The zero-order valence-corrected chi connectivity index (χ0v) is 19.9. The summed E-state index contributed by atoms with van der Waals surface area (Å²) in [6, 6.07) is 9.91. The molecule has 1 aromatic heterocycles. The zero-order valence-electron chi connectivity index (χ0n) is 19.9. The van der Waals surface area contributed by atoms with Crippen LogP contribution in [-0.2, 0) is 17.4 Å². The Bertz CT molecular complexity index is 1390. The lowest BCUT2D eigenvalue weighted by molar-refractivity contribution is -0.138. The van der Waals surface area contributed by atoms with Gasteiger partial charge in [0.1, 0.15) is 23.1 Å². The first-order valence-corrected chi connectivity index (χ1v) is 11.6. The Morgan fingerprint density at radius 2 is 1.97 bits per heavy atom. The van der Waals surface area contributed by atoms with Crippen molar-refractivity contribution >= 4 is 23.4 Å². The summed E-state index contributed by atoms with van der Waals surface area (Å²) in [4.78, 5) is 28.4. The summed E-state index contributed by atoms with van der Waals surface area (Å²) in [6.45, 7) is 3.22. The molecule has 0 aliphatic carbocycles. The third-order valence-corrected chi connectivity index (χ3v) is 6.35. The largest absolute Gasteiger partial charge is 0.470 e. The highest BCUT2D eigenvalue weighted by atomic mass is 19.4. The van der Waals surface area contributed by atoms with E-state index in [1.807, 2.05) is 13.0 Å². The zero-order chi connectivity index (χ0) is 26.3. The molecule has 3 N–H and O–H groups in total. The molecule has 37 heavy (non-hydrogen) atoms. The van der Waals surface area contributed by atoms with Gasteiger partial charge in [-0.3, -0.25) is 4.79 Å². The number of aryl methyl sites for hydroxylation is 1. The lowest BCUT2D eigenvalue weighted by Gasteiger charge is -2.19. The van der Waals surface area contributed by atoms with Crippen molar-refractivity contribution in [3.63, 3.8) is 0 Å². The van der Waals surface area contributed by atoms with E-state index in [0.29, 0.717) is 35.9 Å². The van der Waals surface area contributed by atoms with Crippen molar-refractivity contribution < 1.29 is 32.2 Å². The van der Waals surface area contributed by atoms with Crippen LogP contribution in [0.1, 0.15) is 41.5 Å². The van der Waals surface area contributed by atoms with Gasteiger partial charge in [0, 0.05) is 35.3 Å². The average Bonchev–Trinajstić information content (AvgIpc) is 3.14. The van der Waals surface area contributed by atoms with E-state index in [1.54, 1.807) is 24.4 Å². The van der Waals surface area contributed by atoms with Crippen LogP contribution >= 0.6 is 0 Å². The number of aromatic nitrogens is 1. The second-order valence-electron chi connectivity index (χ2n) is 8.94. The molecule has 0 fully saturated rings. The highest BCUT2D eigenvalue weighted by Gasteiger charge is 2.34. The van der Waals surface area contributed by atoms with Gasteiger partial charge in [0.05, 0.1) is 5.56 Å². The Morgan fingerprint density at radius 3 is 2.76 bits per heavy atom. The smallest absolute Gasteiger partial charge is 0.416 e. The molecule has 3 heterocycles. The van der Waals surface area contributed by atoms with Crippen LogP contribution in [0.25, 0.3) is 0 Å². The summed E-state index contributed by atoms with van der Waals surface area (Å²) in [7, 11) is 0. The maximum absolute atomic E-state index is 13.2. The van der Waals surface area contributed by atoms with Crippen molar-refractivity contribution in [3.05, 3.63) is 70.9 Å². The highest BCUT2D eigenvalue weighted by molar-refractivity contribution is 5.93. The Hall–Kier alpha value is -4.28. The average molecular weight is 512 g/mol. The standard InChI is InChI=1S/C26H23F3N4O4/c1-13-3-4-15(11-19(13)26(27,28)29)31-25(35)33-24-14(2)18-12-16(5-7-20(18)37-24)36-21-9-10-30-23-17(21)6-8-22(34)32-23/h3-5,7,9-12,14,24H,6,8H2,1-2H3,(H,30,32,34)(H2,31,33,35)/t14-,24+/m0/s1. The number of anilines is 2. The van der Waals surface area contributed by atoms with Gasteiger partial charge in [-0.15, -0.1) is 0 Å². The number of urea groups is 1. The first-order valence-electron chi connectivity index (χ1n) is 11.6. The molecule has 2 aliphatic heterocycles. The van der Waals surface area contributed by atoms with Crippen LogP contribution in [0.3, 0.4) is 0 Å². The van der Waals surface area contributed by atoms with E-state index in [-0.39, 0.29) is 23.1 Å². The van der Waals surface area contributed by atoms with Crippen LogP contribution < -0.4 is 25.4 Å². The van der Waals surface area contributed by atoms with Gasteiger partial charge in [0.25, 0.3) is 0 Å². The predicted molar refractivity (Wildman–Crippen MR) is 129 cm³/mol. The number of hydrogen-bond donors (Lipinski definition) is 3. The number of pyridine rings is 1. The molecule has 0 unspecified atom stereocenters. The van der Waals surface area contributed by atoms with Crippen LogP contribution in [0.15, 0.2) is 48.7 Å². The predicted octanol–water partition coefficient (Wildman–Crippen LogP) is 5.73. The molecule has 0 saturated heterocycles. The number of hydrogen-bond acceptors (Lipinski definition) is 5. The highest BCUT2D eigenvalue weighted by Crippen LogP contribution is 2.41. The van der Waals surface area contributed by atoms with E-state index in [4.69, 9.17) is 9.47 Å². The monoisotopic (exact) mass is 512 g/mol. The van der Waals surface area contributed by atoms with Crippen LogP contribution in [0.5, 0.6) is 17.2 Å². The summed E-state index contributed by atoms with van der Waals surface area (Å²) in [5.74, 6) is 1.82. The summed E-state index contributed by atoms with van der Waals surface area (Å²) in [5.41, 5.74) is 0.887. The number of alkyl halides is 3. The molecule has 5 rings (SSSR count). The van der Waals surface area contributed by atoms with Crippen LogP contribution in [-0.4, -0.2) is 23.2 Å². The second-order valence-corrected chi connectivity index (χ2v) is 8.94. The van der Waals surface area contributed by atoms with Crippen LogP contribution in [0, 0.1) is 6.92 Å². The topological polar surface area (TPSA) is 102 Å². The number of fused-ring (bicyclic) bond motifs is 2. The maximum atomic E-state index is 13.2. The number of carbonyl (C=O) groups is 2. The molecule has 3 aromatic rings. The Morgan fingerprint density at radius 1 is 1.16 bits per heavy atom. The summed E-state index contributed by atoms with van der Waals surface area (Å²) in [5, 5.41) is 7.85. The van der Waals surface area contributed by atoms with E-state index in [1.165, 1.54) is 19.1 Å². The Kier molecular flexibility index (Phi) is 6.14. The summed E-state index contributed by atoms with van der Waals surface area (Å²) >= 11 is 0. The number of nitrogens with one attached hydrogen (secondary N) is 3. The van der Waals surface area contributed by atoms with Gasteiger partial charge < -0.3 is 25.4 Å². The normalized spacial score (nSPS) is 18.2. The number of ether oxygens (including phenoxy) is 2. The second kappa shape index (κ2) is 9.30. The molecular formula is C26H23F3N4O4. The molecule has 0 radical (unpaired) electrons. The number of carbonyl (C=O) groups excluding carboxylic acids is 2. The molecule has 3 amide bonds. The minimum absolute atomic E-state index is 0.0196. The van der Waals surface area contributed by atoms with Crippen LogP contribution in [0.4, 0.5) is 29.5 Å². The van der Waals surface area contributed by atoms with Gasteiger partial charge in [0.2, 0.25) is 5.91 Å². The van der Waals surface area contributed by atoms with E-state index in [9.17, 15) is 22.8 Å². The quantitative estimate of drug-likeness (QED) is 0.415. The van der Waals surface area contributed by atoms with E-state index in [0.717, 1.165) is 17.2 Å². The fourth-order valence-electron chi connectivity index (χ4n) is 4.39. The van der Waals surface area contributed by atoms with Crippen molar-refractivity contribution in [1.82, 2.24) is 10.3 Å². The Balaban J connectivity index is 1.26. The van der Waals surface area contributed by atoms with Crippen molar-refractivity contribution in [1.29, 1.82) is 0 Å². The van der Waals surface area contributed by atoms with Crippen molar-refractivity contribution in [2.24, 2.45) is 0 Å². The molecule has 0 bridgehead atoms. The van der Waals surface area contributed by atoms with Crippen molar-refractivity contribution in [3.8, 4) is 17.2 Å². The van der Waals surface area contributed by atoms with E-state index < -0.39 is 24.0 Å². The molecule has 2 atom stereocenters. The molecule has 192 valence electrons. The number of halogens is 3. The molecule has 2 aromatic carbocycles. The number of rotatable bonds is 4. The third-order valence-electron chi connectivity index (χ3n) is 6.35. The first kappa shape index (κ1) is 24.4. The summed E-state index contributed by atoms with van der Waals surface area (Å²) < 4.78 is 51.5. The van der Waals surface area contributed by atoms with Gasteiger partial charge in [0.15, 0.2) is 6.23 Å². The van der Waals surface area contributed by atoms with Crippen molar-refractivity contribution in [2.45, 2.75) is 45.0 Å². The fourth-order valence-corrected chi connectivity index (χ4v) is 4.39. The van der Waals surface area contributed by atoms with E-state index >= 15 is 0 Å². The van der Waals surface area contributed by atoms with Gasteiger partial charge in [-0.2, -0.15) is 13.2 Å².